The number of fused-ring (bicyclic) bond motifs is 1. The van der Waals surface area contributed by atoms with Crippen molar-refractivity contribution in [2.75, 3.05) is 26.9 Å². The molecule has 3 aromatic rings. The molecule has 0 spiro atoms. The Morgan fingerprint density at radius 1 is 1.07 bits per heavy atom. The van der Waals surface area contributed by atoms with E-state index in [9.17, 15) is 4.79 Å². The van der Waals surface area contributed by atoms with E-state index < -0.39 is 0 Å². The Hall–Kier alpha value is -2.86. The Labute approximate surface area is 178 Å². The van der Waals surface area contributed by atoms with Crippen LogP contribution in [-0.4, -0.2) is 42.3 Å². The smallest absolute Gasteiger partial charge is 0.245 e. The second kappa shape index (κ2) is 11.4. The van der Waals surface area contributed by atoms with Gasteiger partial charge in [0.1, 0.15) is 18.2 Å². The molecule has 3 rings (SSSR count). The van der Waals surface area contributed by atoms with Crippen LogP contribution in [0.4, 0.5) is 0 Å². The summed E-state index contributed by atoms with van der Waals surface area (Å²) in [5.74, 6) is 1.90. The molecule has 1 amide bonds. The number of carbonyl (C=O) groups excluding carboxylic acids is 1. The molecule has 160 valence electrons. The van der Waals surface area contributed by atoms with Crippen LogP contribution in [0.5, 0.6) is 5.75 Å². The van der Waals surface area contributed by atoms with Gasteiger partial charge in [-0.05, 0) is 50.5 Å². The number of para-hydroxylation sites is 2. The normalized spacial score (nSPS) is 11.0. The molecule has 0 aliphatic heterocycles. The zero-order valence-corrected chi connectivity index (χ0v) is 17.9. The van der Waals surface area contributed by atoms with Gasteiger partial charge in [0.15, 0.2) is 0 Å². The number of hydrogen-bond donors (Lipinski definition) is 1. The van der Waals surface area contributed by atoms with Crippen LogP contribution in [0.25, 0.3) is 11.0 Å². The summed E-state index contributed by atoms with van der Waals surface area (Å²) in [5.41, 5.74) is 3.42. The van der Waals surface area contributed by atoms with Crippen LogP contribution in [-0.2, 0) is 22.5 Å². The number of amides is 1. The first-order chi connectivity index (χ1) is 14.7. The predicted molar refractivity (Wildman–Crippen MR) is 119 cm³/mol. The van der Waals surface area contributed by atoms with E-state index >= 15 is 0 Å². The molecule has 0 radical (unpaired) electrons. The van der Waals surface area contributed by atoms with Crippen molar-refractivity contribution in [1.29, 1.82) is 0 Å². The van der Waals surface area contributed by atoms with Gasteiger partial charge >= 0.3 is 0 Å². The summed E-state index contributed by atoms with van der Waals surface area (Å²) >= 11 is 0. The fraction of sp³-hybridized carbons (Fsp3) is 0.417. The Kier molecular flexibility index (Phi) is 8.27. The quantitative estimate of drug-likeness (QED) is 0.461. The van der Waals surface area contributed by atoms with Gasteiger partial charge in [-0.1, -0.05) is 29.8 Å². The van der Waals surface area contributed by atoms with E-state index in [4.69, 9.17) is 14.5 Å². The SMILES string of the molecule is COCC(=O)NCCCc1nc2ccccc2n1CCCCOc1ccc(C)cc1. The molecule has 30 heavy (non-hydrogen) atoms. The highest BCUT2D eigenvalue weighted by molar-refractivity contribution is 5.77. The maximum Gasteiger partial charge on any atom is 0.245 e. The van der Waals surface area contributed by atoms with Crippen molar-refractivity contribution in [2.45, 2.75) is 39.2 Å². The van der Waals surface area contributed by atoms with Gasteiger partial charge in [-0.3, -0.25) is 4.79 Å². The maximum atomic E-state index is 11.5. The summed E-state index contributed by atoms with van der Waals surface area (Å²) in [6, 6.07) is 16.4. The van der Waals surface area contributed by atoms with Gasteiger partial charge in [0.2, 0.25) is 5.91 Å². The van der Waals surface area contributed by atoms with Gasteiger partial charge in [-0.2, -0.15) is 0 Å². The first kappa shape index (κ1) is 21.8. The second-order valence-corrected chi connectivity index (χ2v) is 7.42. The molecule has 0 aliphatic carbocycles. The van der Waals surface area contributed by atoms with E-state index in [1.165, 1.54) is 12.7 Å². The molecule has 6 heteroatoms. The lowest BCUT2D eigenvalue weighted by atomic mass is 10.2. The molecule has 2 aromatic carbocycles. The molecule has 0 atom stereocenters. The van der Waals surface area contributed by atoms with Gasteiger partial charge in [0, 0.05) is 26.6 Å². The summed E-state index contributed by atoms with van der Waals surface area (Å²) < 4.78 is 13.0. The monoisotopic (exact) mass is 409 g/mol. The van der Waals surface area contributed by atoms with Crippen molar-refractivity contribution in [2.24, 2.45) is 0 Å². The topological polar surface area (TPSA) is 65.4 Å². The zero-order chi connectivity index (χ0) is 21.2. The number of aromatic nitrogens is 2. The Morgan fingerprint density at radius 3 is 2.67 bits per heavy atom. The van der Waals surface area contributed by atoms with E-state index in [2.05, 4.69) is 47.1 Å². The number of nitrogens with zero attached hydrogens (tertiary/aromatic N) is 2. The third kappa shape index (κ3) is 6.32. The minimum absolute atomic E-state index is 0.0837. The number of carbonyl (C=O) groups is 1. The fourth-order valence-electron chi connectivity index (χ4n) is 3.42. The Balaban J connectivity index is 1.51. The minimum atomic E-state index is -0.0837. The number of aryl methyl sites for hydroxylation is 3. The first-order valence-electron chi connectivity index (χ1n) is 10.6. The Bertz CT molecular complexity index is 935. The molecule has 1 N–H and O–H groups in total. The average Bonchev–Trinajstić information content (AvgIpc) is 3.10. The largest absolute Gasteiger partial charge is 0.494 e. The lowest BCUT2D eigenvalue weighted by Crippen LogP contribution is -2.28. The highest BCUT2D eigenvalue weighted by atomic mass is 16.5. The number of ether oxygens (including phenoxy) is 2. The summed E-state index contributed by atoms with van der Waals surface area (Å²) in [4.78, 5) is 16.3. The molecule has 1 aromatic heterocycles. The number of unbranched alkanes of at least 4 members (excludes halogenated alkanes) is 1. The number of hydrogen-bond acceptors (Lipinski definition) is 4. The fourth-order valence-corrected chi connectivity index (χ4v) is 3.42. The molecule has 0 saturated heterocycles. The lowest BCUT2D eigenvalue weighted by molar-refractivity contribution is -0.124. The number of methoxy groups -OCH3 is 1. The third-order valence-corrected chi connectivity index (χ3v) is 4.97. The highest BCUT2D eigenvalue weighted by Gasteiger charge is 2.10. The molecule has 0 saturated carbocycles. The van der Waals surface area contributed by atoms with Gasteiger partial charge in [0.25, 0.3) is 0 Å². The summed E-state index contributed by atoms with van der Waals surface area (Å²) in [7, 11) is 1.52. The molecular weight excluding hydrogens is 378 g/mol. The number of rotatable bonds is 12. The van der Waals surface area contributed by atoms with Crippen molar-refractivity contribution in [1.82, 2.24) is 14.9 Å². The van der Waals surface area contributed by atoms with E-state index in [1.807, 2.05) is 18.2 Å². The van der Waals surface area contributed by atoms with Crippen LogP contribution in [0.1, 0.15) is 30.7 Å². The van der Waals surface area contributed by atoms with Gasteiger partial charge in [-0.15, -0.1) is 0 Å². The lowest BCUT2D eigenvalue weighted by Gasteiger charge is -2.11. The summed E-state index contributed by atoms with van der Waals surface area (Å²) in [6.07, 6.45) is 3.66. The van der Waals surface area contributed by atoms with Gasteiger partial charge < -0.3 is 19.4 Å². The number of imidazole rings is 1. The number of nitrogens with one attached hydrogen (secondary N) is 1. The van der Waals surface area contributed by atoms with Crippen molar-refractivity contribution in [3.63, 3.8) is 0 Å². The highest BCUT2D eigenvalue weighted by Crippen LogP contribution is 2.18. The average molecular weight is 410 g/mol. The van der Waals surface area contributed by atoms with Crippen molar-refractivity contribution in [3.8, 4) is 5.75 Å². The van der Waals surface area contributed by atoms with Crippen LogP contribution in [0.3, 0.4) is 0 Å². The Morgan fingerprint density at radius 2 is 1.87 bits per heavy atom. The minimum Gasteiger partial charge on any atom is -0.494 e. The van der Waals surface area contributed by atoms with E-state index in [-0.39, 0.29) is 12.5 Å². The van der Waals surface area contributed by atoms with E-state index in [0.29, 0.717) is 13.2 Å². The summed E-state index contributed by atoms with van der Waals surface area (Å²) in [5, 5.41) is 2.87. The second-order valence-electron chi connectivity index (χ2n) is 7.42. The van der Waals surface area contributed by atoms with E-state index in [0.717, 1.165) is 54.8 Å². The molecular formula is C24H31N3O3. The van der Waals surface area contributed by atoms with Crippen LogP contribution in [0, 0.1) is 6.92 Å². The van der Waals surface area contributed by atoms with Crippen LogP contribution in [0.2, 0.25) is 0 Å². The number of benzene rings is 2. The van der Waals surface area contributed by atoms with Crippen molar-refractivity contribution < 1.29 is 14.3 Å². The standard InChI is InChI=1S/C24H31N3O3/c1-19-11-13-20(14-12-19)30-17-6-5-16-27-22-9-4-3-8-21(22)26-23(27)10-7-15-25-24(28)18-29-2/h3-4,8-9,11-14H,5-7,10,15-18H2,1-2H3,(H,25,28). The zero-order valence-electron chi connectivity index (χ0n) is 17.9. The first-order valence-corrected chi connectivity index (χ1v) is 10.6. The molecule has 0 unspecified atom stereocenters. The third-order valence-electron chi connectivity index (χ3n) is 4.97. The van der Waals surface area contributed by atoms with Crippen molar-refractivity contribution in [3.05, 3.63) is 59.9 Å². The molecule has 0 aliphatic rings. The van der Waals surface area contributed by atoms with E-state index in [1.54, 1.807) is 0 Å². The van der Waals surface area contributed by atoms with Crippen molar-refractivity contribution >= 4 is 16.9 Å². The molecule has 1 heterocycles. The summed E-state index contributed by atoms with van der Waals surface area (Å²) in [6.45, 7) is 4.41. The van der Waals surface area contributed by atoms with Gasteiger partial charge in [-0.25, -0.2) is 4.98 Å². The molecule has 0 fully saturated rings. The maximum absolute atomic E-state index is 11.5. The van der Waals surface area contributed by atoms with Crippen LogP contribution < -0.4 is 10.1 Å². The molecule has 6 nitrogen and oxygen atoms in total. The van der Waals surface area contributed by atoms with Crippen LogP contribution in [0.15, 0.2) is 48.5 Å². The van der Waals surface area contributed by atoms with Gasteiger partial charge in [0.05, 0.1) is 17.6 Å². The molecule has 0 bridgehead atoms. The van der Waals surface area contributed by atoms with Crippen LogP contribution >= 0.6 is 0 Å². The predicted octanol–water partition coefficient (Wildman–Crippen LogP) is 3.90.